The Morgan fingerprint density at radius 2 is 1.30 bits per heavy atom. The maximum Gasteiger partial charge on any atom is 0.510 e. The summed E-state index contributed by atoms with van der Waals surface area (Å²) in [7, 11) is 0. The molecule has 2 unspecified atom stereocenters. The molecule has 6 amide bonds. The molecule has 25 heteroatoms. The number of aromatic nitrogens is 2. The van der Waals surface area contributed by atoms with Gasteiger partial charge in [0.1, 0.15) is 47.9 Å². The molecule has 2 aromatic carbocycles. The minimum absolute atomic E-state index is 0.0178. The van der Waals surface area contributed by atoms with E-state index in [1.54, 1.807) is 84.9 Å². The molecule has 0 bridgehead atoms. The van der Waals surface area contributed by atoms with Gasteiger partial charge in [0.15, 0.2) is 12.6 Å². The molecule has 8 N–H and O–H groups in total. The lowest BCUT2D eigenvalue weighted by atomic mass is 9.89. The van der Waals surface area contributed by atoms with E-state index in [1.807, 2.05) is 50.2 Å². The number of aliphatic carboxylic acids is 2. The standard InChI is InChI=1S/C65H87FN10O14/c1-13-46-24-22-42-19-17-41(33-50(42)69-46)18-26-48(56(77)71-52(35(3)4)57(78)67-38(8)59(80)75-30-15-16-49(73-75)61(82)83)40(10)88-34-89-64(87)90-37(7)32-45-28-31-76(74-55(45)62(84)85)60(81)39(9)68-58(79)53(36(5)6)72-63(86)65(11,12)29-27-43-20-21-44-23-25-47(14-2)70-54(44)51(43)66/h17-27,29,33,35-40,45,48-49,52-53,55,73-74H,13-16,28,30-32,34H2,1-12H3,(H,67,78)(H,68,79)(H,71,77)(H,72,86)(H,82,83)(H,84,85)/b26-18+,29-27+/t37?,38-,39-,40-,45?,48+,49-,52-,53-,55-/m0/s1. The SMILES string of the molecule is CCc1ccc2ccc(/C=C/[C@@H](C(=O)N[C@H](C(=O)N[C@@H](C)C(=O)N3CCC[C@@H](C(=O)O)N3)C(C)C)[C@H](C)OCOC(=O)OC(C)CC3CCN(C(=O)[C@H](C)NC(=O)[C@@H](NC(=O)C(C)(C)/C=C/c4ccc5ccc(CC)nc5c4F)C(C)C)N[C@@H]3C(=O)O)cc2n1. The van der Waals surface area contributed by atoms with E-state index in [0.717, 1.165) is 33.7 Å². The third-order valence-corrected chi connectivity index (χ3v) is 16.1. The van der Waals surface area contributed by atoms with Crippen LogP contribution in [-0.2, 0) is 65.4 Å². The molecule has 2 aliphatic rings. The van der Waals surface area contributed by atoms with Crippen molar-refractivity contribution in [2.24, 2.45) is 29.1 Å². The number of carboxylic acids is 2. The molecular weight excluding hydrogens is 1160 g/mol. The van der Waals surface area contributed by atoms with Crippen molar-refractivity contribution < 1.29 is 72.0 Å². The third-order valence-electron chi connectivity index (χ3n) is 16.1. The Morgan fingerprint density at radius 3 is 1.91 bits per heavy atom. The number of hydrogen-bond donors (Lipinski definition) is 8. The van der Waals surface area contributed by atoms with Gasteiger partial charge in [0, 0.05) is 40.8 Å². The Labute approximate surface area is 523 Å². The van der Waals surface area contributed by atoms with Crippen LogP contribution in [0, 0.1) is 34.9 Å². The molecule has 0 radical (unpaired) electrons. The van der Waals surface area contributed by atoms with Gasteiger partial charge in [-0.3, -0.25) is 53.4 Å². The van der Waals surface area contributed by atoms with Crippen LogP contribution in [0.2, 0.25) is 0 Å². The number of carboxylic acid groups (broad SMARTS) is 2. The first kappa shape index (κ1) is 70.7. The molecule has 6 rings (SSSR count). The highest BCUT2D eigenvalue weighted by Crippen LogP contribution is 2.27. The lowest BCUT2D eigenvalue weighted by Crippen LogP contribution is -2.63. The number of halogens is 1. The van der Waals surface area contributed by atoms with E-state index in [2.05, 4.69) is 37.1 Å². The van der Waals surface area contributed by atoms with Crippen LogP contribution in [0.25, 0.3) is 34.0 Å². The fourth-order valence-corrected chi connectivity index (χ4v) is 10.5. The number of carbonyl (C=O) groups excluding carboxylic acids is 7. The molecule has 24 nitrogen and oxygen atoms in total. The first-order valence-corrected chi connectivity index (χ1v) is 30.6. The predicted molar refractivity (Wildman–Crippen MR) is 333 cm³/mol. The molecular formula is C65H87FN10O14. The molecule has 4 heterocycles. The maximum absolute atomic E-state index is 15.6. The zero-order valence-corrected chi connectivity index (χ0v) is 53.3. The van der Waals surface area contributed by atoms with Crippen LogP contribution in [0.1, 0.15) is 131 Å². The second kappa shape index (κ2) is 31.8. The molecule has 2 aromatic heterocycles. The van der Waals surface area contributed by atoms with Crippen molar-refractivity contribution in [3.05, 3.63) is 95.1 Å². The van der Waals surface area contributed by atoms with Gasteiger partial charge < -0.3 is 45.7 Å². The van der Waals surface area contributed by atoms with Crippen molar-refractivity contribution in [2.75, 3.05) is 19.9 Å². The summed E-state index contributed by atoms with van der Waals surface area (Å²) >= 11 is 0. The number of fused-ring (bicyclic) bond motifs is 2. The number of nitrogens with one attached hydrogen (secondary N) is 6. The average Bonchev–Trinajstić information content (AvgIpc) is 0.954. The van der Waals surface area contributed by atoms with Gasteiger partial charge in [-0.1, -0.05) is 102 Å². The summed E-state index contributed by atoms with van der Waals surface area (Å²) in [4.78, 5) is 129. The molecule has 10 atom stereocenters. The largest absolute Gasteiger partial charge is 0.510 e. The zero-order valence-electron chi connectivity index (χ0n) is 53.3. The van der Waals surface area contributed by atoms with E-state index in [0.29, 0.717) is 30.2 Å². The van der Waals surface area contributed by atoms with Crippen molar-refractivity contribution in [1.82, 2.24) is 52.1 Å². The topological polar surface area (TPSA) is 326 Å². The maximum atomic E-state index is 15.6. The molecule has 0 spiro atoms. The van der Waals surface area contributed by atoms with Crippen LogP contribution in [0.5, 0.6) is 0 Å². The van der Waals surface area contributed by atoms with Gasteiger partial charge in [0.05, 0.1) is 23.0 Å². The van der Waals surface area contributed by atoms with Crippen LogP contribution in [0.3, 0.4) is 0 Å². The van der Waals surface area contributed by atoms with Crippen molar-refractivity contribution in [3.63, 3.8) is 0 Å². The number of carbonyl (C=O) groups is 9. The van der Waals surface area contributed by atoms with Crippen LogP contribution in [-0.4, -0.2) is 152 Å². The van der Waals surface area contributed by atoms with Crippen molar-refractivity contribution in [2.45, 2.75) is 170 Å². The second-order valence-electron chi connectivity index (χ2n) is 24.3. The van der Waals surface area contributed by atoms with Gasteiger partial charge in [0.25, 0.3) is 11.8 Å². The van der Waals surface area contributed by atoms with E-state index in [4.69, 9.17) is 19.2 Å². The Hall–Kier alpha value is -8.42. The first-order valence-electron chi connectivity index (χ1n) is 30.6. The second-order valence-corrected chi connectivity index (χ2v) is 24.3. The number of hydrogen-bond acceptors (Lipinski definition) is 16. The van der Waals surface area contributed by atoms with Gasteiger partial charge in [-0.25, -0.2) is 25.0 Å². The highest BCUT2D eigenvalue weighted by atomic mass is 19.1. The molecule has 488 valence electrons. The fourth-order valence-electron chi connectivity index (χ4n) is 10.5. The van der Waals surface area contributed by atoms with Crippen LogP contribution < -0.4 is 32.1 Å². The zero-order chi connectivity index (χ0) is 66.3. The van der Waals surface area contributed by atoms with E-state index < -0.39 is 144 Å². The highest BCUT2D eigenvalue weighted by Gasteiger charge is 2.40. The monoisotopic (exact) mass is 1250 g/mol. The van der Waals surface area contributed by atoms with Crippen LogP contribution in [0.4, 0.5) is 9.18 Å². The van der Waals surface area contributed by atoms with Gasteiger partial charge >= 0.3 is 18.1 Å². The number of hydrazine groups is 2. The minimum Gasteiger partial charge on any atom is -0.480 e. The minimum atomic E-state index is -1.32. The van der Waals surface area contributed by atoms with Crippen molar-refractivity contribution in [3.8, 4) is 0 Å². The normalized spacial score (nSPS) is 18.8. The lowest BCUT2D eigenvalue weighted by Gasteiger charge is -2.39. The van der Waals surface area contributed by atoms with Gasteiger partial charge in [-0.05, 0) is 122 Å². The first-order chi connectivity index (χ1) is 42.5. The van der Waals surface area contributed by atoms with Crippen LogP contribution >= 0.6 is 0 Å². The van der Waals surface area contributed by atoms with Crippen molar-refractivity contribution in [1.29, 1.82) is 0 Å². The Balaban J connectivity index is 1.02. The van der Waals surface area contributed by atoms with Gasteiger partial charge in [0.2, 0.25) is 23.6 Å². The molecule has 90 heavy (non-hydrogen) atoms. The summed E-state index contributed by atoms with van der Waals surface area (Å²) in [5, 5.41) is 34.5. The number of amides is 6. The third kappa shape index (κ3) is 18.8. The Morgan fingerprint density at radius 1 is 0.711 bits per heavy atom. The molecule has 0 saturated carbocycles. The van der Waals surface area contributed by atoms with E-state index in [9.17, 15) is 53.4 Å². The summed E-state index contributed by atoms with van der Waals surface area (Å²) in [6.45, 7) is 19.6. The average molecular weight is 1250 g/mol. The van der Waals surface area contributed by atoms with Gasteiger partial charge in [-0.15, -0.1) is 0 Å². The summed E-state index contributed by atoms with van der Waals surface area (Å²) < 4.78 is 32.3. The Bertz CT molecular complexity index is 3340. The summed E-state index contributed by atoms with van der Waals surface area (Å²) in [6, 6.07) is 9.72. The molecule has 0 aliphatic carbocycles. The number of rotatable bonds is 27. The number of pyridine rings is 2. The number of nitrogens with zero attached hydrogens (tertiary/aromatic N) is 4. The Kier molecular flexibility index (Phi) is 25.0. The lowest BCUT2D eigenvalue weighted by molar-refractivity contribution is -0.152. The van der Waals surface area contributed by atoms with Crippen molar-refractivity contribution >= 4 is 87.5 Å². The number of aryl methyl sites for hydroxylation is 2. The molecule has 2 fully saturated rings. The summed E-state index contributed by atoms with van der Waals surface area (Å²) in [5.74, 6) is -9.31. The summed E-state index contributed by atoms with van der Waals surface area (Å²) in [6.07, 6.45) is 5.56. The molecule has 4 aromatic rings. The van der Waals surface area contributed by atoms with Crippen LogP contribution in [0.15, 0.2) is 66.7 Å². The smallest absolute Gasteiger partial charge is 0.480 e. The quantitative estimate of drug-likeness (QED) is 0.0237. The molecule has 2 aliphatic heterocycles. The summed E-state index contributed by atoms with van der Waals surface area (Å²) in [5.41, 5.74) is 7.75. The predicted octanol–water partition coefficient (Wildman–Crippen LogP) is 6.39. The number of ether oxygens (including phenoxy) is 3. The molecule has 2 saturated heterocycles. The fraction of sp³-hybridized carbons (Fsp3) is 0.523. The number of benzene rings is 2. The highest BCUT2D eigenvalue weighted by molar-refractivity contribution is 5.95. The van der Waals surface area contributed by atoms with Gasteiger partial charge in [-0.2, -0.15) is 0 Å². The van der Waals surface area contributed by atoms with E-state index in [1.165, 1.54) is 31.9 Å². The van der Waals surface area contributed by atoms with E-state index >= 15 is 4.39 Å². The van der Waals surface area contributed by atoms with E-state index in [-0.39, 0.29) is 37.0 Å².